The van der Waals surface area contributed by atoms with Gasteiger partial charge in [0.2, 0.25) is 6.79 Å². The topological polar surface area (TPSA) is 105 Å². The standard InChI is InChI=1S/C28H30F6N2O6.C20H20F6O2/c1-4-7-17-14-19(26(39-3,27(29,30)31)28(32,33)34)9-10-20(17)40-13-6-5-12-36-23(37)25(2,35-24(36)38)18-8-11-21-22(15-18)42-16-41-21;1-3-7-15-12-16(18(27-2,19(21,22)23)20(24,25)26)10-11-17(15)28-13-14-8-5-4-6-9-14/h8-11,14-15H,4-7,12-13,16H2,1-3H3,(H,35,38);4-6,8-12H,3,7,13H2,1-2H3. The number of rotatable bonds is 18. The van der Waals surface area contributed by atoms with E-state index in [1.54, 1.807) is 63.2 Å². The van der Waals surface area contributed by atoms with E-state index in [9.17, 15) is 62.3 Å². The Morgan fingerprint density at radius 2 is 1.13 bits per heavy atom. The van der Waals surface area contributed by atoms with E-state index >= 15 is 0 Å². The lowest BCUT2D eigenvalue weighted by Crippen LogP contribution is -2.55. The van der Waals surface area contributed by atoms with Gasteiger partial charge in [0.05, 0.1) is 6.61 Å². The molecule has 2 aliphatic rings. The summed E-state index contributed by atoms with van der Waals surface area (Å²) in [5, 5.41) is 2.71. The van der Waals surface area contributed by atoms with Gasteiger partial charge >= 0.3 is 30.7 Å². The molecule has 0 aromatic heterocycles. The van der Waals surface area contributed by atoms with Crippen LogP contribution in [0.1, 0.15) is 79.8 Å². The van der Waals surface area contributed by atoms with Crippen LogP contribution in [0.15, 0.2) is 84.9 Å². The third-order valence-electron chi connectivity index (χ3n) is 11.7. The summed E-state index contributed by atoms with van der Waals surface area (Å²) in [6.45, 7) is 5.40. The van der Waals surface area contributed by atoms with Gasteiger partial charge in [-0.05, 0) is 91.3 Å². The number of hydrogen-bond donors (Lipinski definition) is 1. The molecule has 2 aliphatic heterocycles. The van der Waals surface area contributed by atoms with Crippen LogP contribution < -0.4 is 24.3 Å². The second-order valence-electron chi connectivity index (χ2n) is 16.3. The average molecular weight is 1010 g/mol. The van der Waals surface area contributed by atoms with Gasteiger partial charge in [-0.15, -0.1) is 0 Å². The molecule has 2 heterocycles. The number of imide groups is 1. The molecule has 22 heteroatoms. The van der Waals surface area contributed by atoms with Gasteiger partial charge in [-0.1, -0.05) is 75.2 Å². The minimum absolute atomic E-state index is 0.0487. The van der Waals surface area contributed by atoms with Crippen LogP contribution in [0.2, 0.25) is 0 Å². The van der Waals surface area contributed by atoms with Crippen molar-refractivity contribution < 1.29 is 90.7 Å². The summed E-state index contributed by atoms with van der Waals surface area (Å²) in [6.07, 6.45) is -20.8. The van der Waals surface area contributed by atoms with Crippen molar-refractivity contribution in [1.82, 2.24) is 10.2 Å². The van der Waals surface area contributed by atoms with E-state index < -0.39 is 64.5 Å². The molecule has 0 bridgehead atoms. The van der Waals surface area contributed by atoms with Gasteiger partial charge in [0.25, 0.3) is 17.1 Å². The maximum Gasteiger partial charge on any atom is 0.430 e. The number of amides is 3. The summed E-state index contributed by atoms with van der Waals surface area (Å²) < 4.78 is 193. The zero-order chi connectivity index (χ0) is 51.9. The lowest BCUT2D eigenvalue weighted by Gasteiger charge is -2.36. The maximum absolute atomic E-state index is 13.7. The molecular formula is C48H50F12N2O8. The Bertz CT molecular complexity index is 2400. The Morgan fingerprint density at radius 3 is 1.61 bits per heavy atom. The number of carbonyl (C=O) groups is 2. The van der Waals surface area contributed by atoms with Crippen LogP contribution in [0, 0.1) is 0 Å². The average Bonchev–Trinajstić information content (AvgIpc) is 3.84. The van der Waals surface area contributed by atoms with E-state index in [1.807, 2.05) is 6.07 Å². The van der Waals surface area contributed by atoms with E-state index in [0.29, 0.717) is 63.0 Å². The molecule has 70 heavy (non-hydrogen) atoms. The van der Waals surface area contributed by atoms with Gasteiger partial charge in [0.1, 0.15) is 23.6 Å². The second-order valence-corrected chi connectivity index (χ2v) is 16.3. The fraction of sp³-hybridized carbons (Fsp3) is 0.458. The molecule has 384 valence electrons. The molecule has 0 saturated carbocycles. The van der Waals surface area contributed by atoms with Gasteiger partial charge in [0.15, 0.2) is 11.5 Å². The smallest absolute Gasteiger partial charge is 0.430 e. The molecule has 0 aliphatic carbocycles. The summed E-state index contributed by atoms with van der Waals surface area (Å²) in [5.74, 6) is 0.922. The highest BCUT2D eigenvalue weighted by molar-refractivity contribution is 6.07. The second kappa shape index (κ2) is 21.6. The molecule has 1 atom stereocenters. The largest absolute Gasteiger partial charge is 0.493 e. The summed E-state index contributed by atoms with van der Waals surface area (Å²) in [7, 11) is 0.772. The number of unbranched alkanes of at least 4 members (excludes halogenated alkanes) is 1. The zero-order valence-corrected chi connectivity index (χ0v) is 38.4. The van der Waals surface area contributed by atoms with Crippen molar-refractivity contribution in [3.8, 4) is 23.0 Å². The Morgan fingerprint density at radius 1 is 0.629 bits per heavy atom. The van der Waals surface area contributed by atoms with E-state index in [-0.39, 0.29) is 62.0 Å². The van der Waals surface area contributed by atoms with Gasteiger partial charge in [-0.3, -0.25) is 9.69 Å². The van der Waals surface area contributed by atoms with Crippen molar-refractivity contribution in [1.29, 1.82) is 0 Å². The predicted molar refractivity (Wildman–Crippen MR) is 228 cm³/mol. The predicted octanol–water partition coefficient (Wildman–Crippen LogP) is 12.1. The van der Waals surface area contributed by atoms with E-state index in [0.717, 1.165) is 40.8 Å². The minimum atomic E-state index is -5.76. The Hall–Kier alpha value is -5.90. The first-order chi connectivity index (χ1) is 32.8. The maximum atomic E-state index is 13.7. The zero-order valence-electron chi connectivity index (χ0n) is 38.4. The highest BCUT2D eigenvalue weighted by Crippen LogP contribution is 2.54. The van der Waals surface area contributed by atoms with Crippen LogP contribution in [0.5, 0.6) is 23.0 Å². The molecule has 3 amide bonds. The number of alkyl halides is 12. The van der Waals surface area contributed by atoms with Crippen LogP contribution in [0.25, 0.3) is 0 Å². The molecule has 0 spiro atoms. The van der Waals surface area contributed by atoms with E-state index in [4.69, 9.17) is 18.9 Å². The number of hydrogen-bond acceptors (Lipinski definition) is 8. The third kappa shape index (κ3) is 11.0. The summed E-state index contributed by atoms with van der Waals surface area (Å²) in [6, 6.07) is 18.8. The van der Waals surface area contributed by atoms with Crippen LogP contribution in [-0.2, 0) is 50.5 Å². The number of halogens is 12. The Labute approximate surface area is 395 Å². The number of carbonyl (C=O) groups excluding carboxylic acids is 2. The fourth-order valence-electron chi connectivity index (χ4n) is 8.08. The molecule has 10 nitrogen and oxygen atoms in total. The monoisotopic (exact) mass is 1010 g/mol. The van der Waals surface area contributed by atoms with Crippen LogP contribution in [0.3, 0.4) is 0 Å². The number of nitrogens with zero attached hydrogens (tertiary/aromatic N) is 1. The number of ether oxygens (including phenoxy) is 6. The quantitative estimate of drug-likeness (QED) is 0.0597. The van der Waals surface area contributed by atoms with Crippen molar-refractivity contribution in [3.05, 3.63) is 118 Å². The number of nitrogens with one attached hydrogen (secondary N) is 1. The lowest BCUT2D eigenvalue weighted by molar-refractivity contribution is -0.384. The lowest BCUT2D eigenvalue weighted by atomic mass is 9.89. The first-order valence-corrected chi connectivity index (χ1v) is 21.7. The van der Waals surface area contributed by atoms with Gasteiger partial charge in [-0.25, -0.2) is 4.79 Å². The molecule has 6 rings (SSSR count). The molecular weight excluding hydrogens is 961 g/mol. The first-order valence-electron chi connectivity index (χ1n) is 21.7. The number of methoxy groups -OCH3 is 2. The molecule has 1 unspecified atom stereocenters. The summed E-state index contributed by atoms with van der Waals surface area (Å²) in [4.78, 5) is 26.9. The van der Waals surface area contributed by atoms with Gasteiger partial charge in [0, 0.05) is 31.9 Å². The first kappa shape index (κ1) is 55.0. The molecule has 1 saturated heterocycles. The van der Waals surface area contributed by atoms with Gasteiger partial charge in [-0.2, -0.15) is 52.7 Å². The molecule has 4 aromatic carbocycles. The Balaban J connectivity index is 0.000000283. The third-order valence-corrected chi connectivity index (χ3v) is 11.7. The van der Waals surface area contributed by atoms with E-state index in [1.165, 1.54) is 0 Å². The summed E-state index contributed by atoms with van der Waals surface area (Å²) >= 11 is 0. The van der Waals surface area contributed by atoms with Gasteiger partial charge < -0.3 is 33.7 Å². The van der Waals surface area contributed by atoms with Crippen molar-refractivity contribution in [2.75, 3.05) is 34.2 Å². The van der Waals surface area contributed by atoms with Crippen LogP contribution in [-0.4, -0.2) is 75.7 Å². The number of benzene rings is 4. The summed E-state index contributed by atoms with van der Waals surface area (Å²) in [5.41, 5.74) is -10.5. The van der Waals surface area contributed by atoms with E-state index in [2.05, 4.69) is 14.8 Å². The Kier molecular flexibility index (Phi) is 17.0. The minimum Gasteiger partial charge on any atom is -0.493 e. The van der Waals surface area contributed by atoms with Crippen molar-refractivity contribution in [2.45, 2.75) is 107 Å². The molecule has 4 aromatic rings. The van der Waals surface area contributed by atoms with Crippen LogP contribution in [0.4, 0.5) is 57.5 Å². The highest BCUT2D eigenvalue weighted by Gasteiger charge is 2.74. The molecule has 1 fully saturated rings. The highest BCUT2D eigenvalue weighted by atomic mass is 19.4. The van der Waals surface area contributed by atoms with Crippen molar-refractivity contribution in [2.24, 2.45) is 0 Å². The fourth-order valence-corrected chi connectivity index (χ4v) is 8.08. The van der Waals surface area contributed by atoms with Crippen molar-refractivity contribution in [3.63, 3.8) is 0 Å². The number of fused-ring (bicyclic) bond motifs is 1. The number of aryl methyl sites for hydroxylation is 2. The molecule has 0 radical (unpaired) electrons. The van der Waals surface area contributed by atoms with Crippen molar-refractivity contribution >= 4 is 11.9 Å². The molecule has 1 N–H and O–H groups in total. The normalized spacial score (nSPS) is 16.5. The SMILES string of the molecule is CCCc1cc(C(OC)(C(F)(F)F)C(F)(F)F)ccc1OCCCCN1C(=O)NC(C)(c2ccc3c(c2)OCO3)C1=O.CCCc1cc(C(OC)(C(F)(F)F)C(F)(F)F)ccc1OCc1ccccc1. The number of urea groups is 1. The van der Waals surface area contributed by atoms with Crippen LogP contribution >= 0.6 is 0 Å².